The van der Waals surface area contributed by atoms with E-state index in [1.54, 1.807) is 14.0 Å². The number of rotatable bonds is 9. The second-order valence-electron chi connectivity index (χ2n) is 9.00. The van der Waals surface area contributed by atoms with Crippen LogP contribution >= 0.6 is 0 Å². The van der Waals surface area contributed by atoms with Crippen molar-refractivity contribution in [1.29, 1.82) is 0 Å². The van der Waals surface area contributed by atoms with Crippen LogP contribution in [-0.4, -0.2) is 36.7 Å². The monoisotopic (exact) mass is 423 g/mol. The van der Waals surface area contributed by atoms with Crippen molar-refractivity contribution in [1.82, 2.24) is 4.90 Å². The van der Waals surface area contributed by atoms with Crippen molar-refractivity contribution >= 4 is 5.91 Å². The first kappa shape index (κ1) is 23.3. The van der Waals surface area contributed by atoms with Crippen molar-refractivity contribution in [2.75, 3.05) is 20.3 Å². The van der Waals surface area contributed by atoms with Crippen LogP contribution < -0.4 is 4.74 Å². The third-order valence-electron chi connectivity index (χ3n) is 6.87. The van der Waals surface area contributed by atoms with Crippen LogP contribution in [0.2, 0.25) is 0 Å². The minimum absolute atomic E-state index is 0.0576. The molecule has 0 saturated carbocycles. The molecule has 0 bridgehead atoms. The van der Waals surface area contributed by atoms with Gasteiger partial charge < -0.3 is 14.4 Å². The van der Waals surface area contributed by atoms with E-state index in [9.17, 15) is 4.79 Å². The molecule has 0 spiro atoms. The second-order valence-corrected chi connectivity index (χ2v) is 9.00. The molecule has 3 rings (SSSR count). The molecule has 4 nitrogen and oxygen atoms in total. The molecule has 2 aromatic rings. The van der Waals surface area contributed by atoms with Crippen molar-refractivity contribution in [3.05, 3.63) is 65.7 Å². The topological polar surface area (TPSA) is 38.8 Å². The molecule has 0 radical (unpaired) electrons. The van der Waals surface area contributed by atoms with Gasteiger partial charge in [0.05, 0.1) is 12.7 Å². The maximum atomic E-state index is 12.4. The van der Waals surface area contributed by atoms with Crippen LogP contribution in [-0.2, 0) is 16.1 Å². The number of amides is 1. The molecule has 3 atom stereocenters. The Labute approximate surface area is 187 Å². The van der Waals surface area contributed by atoms with E-state index in [-0.39, 0.29) is 11.5 Å². The average Bonchev–Trinajstić information content (AvgIpc) is 2.79. The van der Waals surface area contributed by atoms with E-state index in [0.29, 0.717) is 18.4 Å². The van der Waals surface area contributed by atoms with Gasteiger partial charge in [0.1, 0.15) is 5.75 Å². The van der Waals surface area contributed by atoms with E-state index in [1.165, 1.54) is 11.1 Å². The summed E-state index contributed by atoms with van der Waals surface area (Å²) in [7, 11) is 1.70. The van der Waals surface area contributed by atoms with Crippen molar-refractivity contribution in [3.8, 4) is 5.75 Å². The fraction of sp³-hybridized carbons (Fsp3) is 0.519. The Hall–Kier alpha value is -2.33. The molecule has 0 aliphatic carbocycles. The Morgan fingerprint density at radius 2 is 1.90 bits per heavy atom. The summed E-state index contributed by atoms with van der Waals surface area (Å²) in [5, 5.41) is 0. The van der Waals surface area contributed by atoms with Crippen LogP contribution in [0.15, 0.2) is 54.6 Å². The molecule has 1 heterocycles. The van der Waals surface area contributed by atoms with E-state index in [0.717, 1.165) is 44.6 Å². The predicted molar refractivity (Wildman–Crippen MR) is 125 cm³/mol. The Balaban J connectivity index is 1.78. The van der Waals surface area contributed by atoms with Crippen LogP contribution in [0.5, 0.6) is 5.75 Å². The highest BCUT2D eigenvalue weighted by Crippen LogP contribution is 2.41. The van der Waals surface area contributed by atoms with Gasteiger partial charge in [-0.1, -0.05) is 49.4 Å². The number of methoxy groups -OCH3 is 1. The molecule has 0 N–H and O–H groups in total. The molecule has 1 amide bonds. The number of hydrogen-bond acceptors (Lipinski definition) is 3. The third-order valence-corrected chi connectivity index (χ3v) is 6.87. The third kappa shape index (κ3) is 6.33. The number of hydrogen-bond donors (Lipinski definition) is 0. The fourth-order valence-corrected chi connectivity index (χ4v) is 4.73. The molecule has 168 valence electrons. The first-order chi connectivity index (χ1) is 14.9. The SMILES string of the molecule is CC[C@@]1(C)C[C@@H]([C@@H](CCN(Cc2ccccc2)C(C)=O)c2ccc(OC)cc2)CCO1. The van der Waals surface area contributed by atoms with E-state index in [1.807, 2.05) is 35.2 Å². The maximum Gasteiger partial charge on any atom is 0.219 e. The summed E-state index contributed by atoms with van der Waals surface area (Å²) in [6.45, 7) is 8.34. The highest BCUT2D eigenvalue weighted by atomic mass is 16.5. The predicted octanol–water partition coefficient (Wildman–Crippen LogP) is 5.81. The van der Waals surface area contributed by atoms with Crippen molar-refractivity contribution in [2.24, 2.45) is 5.92 Å². The van der Waals surface area contributed by atoms with E-state index < -0.39 is 0 Å². The number of benzene rings is 2. The van der Waals surface area contributed by atoms with Crippen LogP contribution in [0, 0.1) is 5.92 Å². The average molecular weight is 424 g/mol. The van der Waals surface area contributed by atoms with Gasteiger partial charge in [0.2, 0.25) is 5.91 Å². The van der Waals surface area contributed by atoms with Gasteiger partial charge >= 0.3 is 0 Å². The molecule has 0 aromatic heterocycles. The Kier molecular flexibility index (Phi) is 8.14. The quantitative estimate of drug-likeness (QED) is 0.511. The van der Waals surface area contributed by atoms with Crippen LogP contribution in [0.1, 0.15) is 63.5 Å². The highest BCUT2D eigenvalue weighted by Gasteiger charge is 2.36. The van der Waals surface area contributed by atoms with E-state index >= 15 is 0 Å². The molecule has 4 heteroatoms. The first-order valence-corrected chi connectivity index (χ1v) is 11.5. The van der Waals surface area contributed by atoms with Crippen LogP contribution in [0.4, 0.5) is 0 Å². The van der Waals surface area contributed by atoms with Gasteiger partial charge in [0.15, 0.2) is 0 Å². The van der Waals surface area contributed by atoms with Gasteiger partial charge in [0.25, 0.3) is 0 Å². The van der Waals surface area contributed by atoms with Gasteiger partial charge in [-0.05, 0) is 67.7 Å². The summed E-state index contributed by atoms with van der Waals surface area (Å²) in [4.78, 5) is 14.4. The number of ether oxygens (including phenoxy) is 2. The molecular formula is C27H37NO3. The second kappa shape index (κ2) is 10.8. The molecule has 1 fully saturated rings. The minimum atomic E-state index is -0.0576. The van der Waals surface area contributed by atoms with Crippen LogP contribution in [0.25, 0.3) is 0 Å². The Morgan fingerprint density at radius 3 is 2.52 bits per heavy atom. The molecule has 0 unspecified atom stereocenters. The molecular weight excluding hydrogens is 386 g/mol. The number of nitrogens with zero attached hydrogens (tertiary/aromatic N) is 1. The van der Waals surface area contributed by atoms with Gasteiger partial charge in [-0.3, -0.25) is 4.79 Å². The summed E-state index contributed by atoms with van der Waals surface area (Å²) >= 11 is 0. The summed E-state index contributed by atoms with van der Waals surface area (Å²) in [5.41, 5.74) is 2.44. The molecule has 1 aliphatic rings. The Morgan fingerprint density at radius 1 is 1.19 bits per heavy atom. The van der Waals surface area contributed by atoms with Crippen molar-refractivity contribution in [3.63, 3.8) is 0 Å². The lowest BCUT2D eigenvalue weighted by atomic mass is 9.74. The zero-order valence-corrected chi connectivity index (χ0v) is 19.5. The zero-order valence-electron chi connectivity index (χ0n) is 19.5. The van der Waals surface area contributed by atoms with E-state index in [2.05, 4.69) is 38.1 Å². The summed E-state index contributed by atoms with van der Waals surface area (Å²) in [5.74, 6) is 1.93. The summed E-state index contributed by atoms with van der Waals surface area (Å²) < 4.78 is 11.5. The van der Waals surface area contributed by atoms with Gasteiger partial charge in [-0.2, -0.15) is 0 Å². The normalized spacial score (nSPS) is 22.0. The standard InChI is InChI=1S/C27H37NO3/c1-5-27(3)19-24(16-18-31-27)26(23-11-13-25(30-4)14-12-23)15-17-28(21(2)29)20-22-9-7-6-8-10-22/h6-14,24,26H,5,15-20H2,1-4H3/t24-,26-,27-/m0/s1. The van der Waals surface area contributed by atoms with Gasteiger partial charge in [-0.25, -0.2) is 0 Å². The molecule has 1 saturated heterocycles. The first-order valence-electron chi connectivity index (χ1n) is 11.5. The van der Waals surface area contributed by atoms with E-state index in [4.69, 9.17) is 9.47 Å². The lowest BCUT2D eigenvalue weighted by Gasteiger charge is -2.41. The Bertz CT molecular complexity index is 820. The van der Waals surface area contributed by atoms with Crippen LogP contribution in [0.3, 0.4) is 0 Å². The maximum absolute atomic E-state index is 12.4. The fourth-order valence-electron chi connectivity index (χ4n) is 4.73. The molecule has 2 aromatic carbocycles. The minimum Gasteiger partial charge on any atom is -0.497 e. The van der Waals surface area contributed by atoms with Gasteiger partial charge in [0, 0.05) is 26.6 Å². The lowest BCUT2D eigenvalue weighted by molar-refractivity contribution is -0.129. The zero-order chi connectivity index (χ0) is 22.3. The molecule has 31 heavy (non-hydrogen) atoms. The number of carbonyl (C=O) groups excluding carboxylic acids is 1. The summed E-state index contributed by atoms with van der Waals surface area (Å²) in [6.07, 6.45) is 4.08. The van der Waals surface area contributed by atoms with Crippen molar-refractivity contribution in [2.45, 2.75) is 64.5 Å². The largest absolute Gasteiger partial charge is 0.497 e. The van der Waals surface area contributed by atoms with Crippen molar-refractivity contribution < 1.29 is 14.3 Å². The smallest absolute Gasteiger partial charge is 0.219 e. The lowest BCUT2D eigenvalue weighted by Crippen LogP contribution is -2.39. The van der Waals surface area contributed by atoms with Gasteiger partial charge in [-0.15, -0.1) is 0 Å². The highest BCUT2D eigenvalue weighted by molar-refractivity contribution is 5.73. The molecule has 1 aliphatic heterocycles. The summed E-state index contributed by atoms with van der Waals surface area (Å²) in [6, 6.07) is 18.7. The number of carbonyl (C=O) groups is 1.